The van der Waals surface area contributed by atoms with Gasteiger partial charge in [0.1, 0.15) is 29.7 Å². The number of carbonyl (C=O) groups is 2. The van der Waals surface area contributed by atoms with Gasteiger partial charge in [-0.25, -0.2) is 4.79 Å². The highest BCUT2D eigenvalue weighted by Gasteiger charge is 2.47. The van der Waals surface area contributed by atoms with Crippen molar-refractivity contribution in [3.05, 3.63) is 58.6 Å². The Morgan fingerprint density at radius 3 is 2.57 bits per heavy atom. The van der Waals surface area contributed by atoms with E-state index in [1.807, 2.05) is 36.4 Å². The van der Waals surface area contributed by atoms with E-state index in [1.54, 1.807) is 26.2 Å². The molecule has 0 aromatic heterocycles. The molecule has 1 aliphatic heterocycles. The third-order valence-corrected chi connectivity index (χ3v) is 5.54. The number of aliphatic hydroxyl groups excluding tert-OH is 1. The predicted octanol–water partition coefficient (Wildman–Crippen LogP) is 3.14. The van der Waals surface area contributed by atoms with Crippen molar-refractivity contribution < 1.29 is 24.2 Å². The summed E-state index contributed by atoms with van der Waals surface area (Å²) in [4.78, 5) is 26.3. The van der Waals surface area contributed by atoms with Crippen LogP contribution in [0.2, 0.25) is 0 Å². The molecule has 0 aliphatic carbocycles. The molecule has 0 radical (unpaired) electrons. The van der Waals surface area contributed by atoms with Gasteiger partial charge >= 0.3 is 6.03 Å². The fourth-order valence-electron chi connectivity index (χ4n) is 3.28. The summed E-state index contributed by atoms with van der Waals surface area (Å²) < 4.78 is 11.6. The second kappa shape index (κ2) is 9.49. The number of aliphatic hydroxyl groups is 1. The molecule has 2 N–H and O–H groups in total. The number of β-amino-alcohol motifs (C(OH)–C–C–N with tert-alkyl or cyclic N) is 1. The van der Waals surface area contributed by atoms with Gasteiger partial charge < -0.3 is 19.9 Å². The third-order valence-electron chi connectivity index (χ3n) is 5.05. The van der Waals surface area contributed by atoms with Crippen LogP contribution in [0.5, 0.6) is 11.5 Å². The number of carbonyl (C=O) groups excluding carboxylic acids is 2. The zero-order valence-corrected chi connectivity index (χ0v) is 18.5. The van der Waals surface area contributed by atoms with Gasteiger partial charge in [0, 0.05) is 4.47 Å². The summed E-state index contributed by atoms with van der Waals surface area (Å²) in [6.45, 7) is 1.55. The Labute approximate surface area is 184 Å². The van der Waals surface area contributed by atoms with Gasteiger partial charge in [-0.3, -0.25) is 9.69 Å². The number of ether oxygens (including phenoxy) is 2. The monoisotopic (exact) mass is 476 g/mol. The van der Waals surface area contributed by atoms with Crippen molar-refractivity contribution in [2.24, 2.45) is 0 Å². The van der Waals surface area contributed by atoms with Crippen LogP contribution < -0.4 is 14.8 Å². The topological polar surface area (TPSA) is 88.1 Å². The second-order valence-electron chi connectivity index (χ2n) is 7.45. The van der Waals surface area contributed by atoms with Crippen molar-refractivity contribution in [1.29, 1.82) is 0 Å². The summed E-state index contributed by atoms with van der Waals surface area (Å²) >= 11 is 3.35. The van der Waals surface area contributed by atoms with Gasteiger partial charge in [-0.05, 0) is 55.7 Å². The molecule has 2 aromatic rings. The van der Waals surface area contributed by atoms with E-state index in [2.05, 4.69) is 21.2 Å². The second-order valence-corrected chi connectivity index (χ2v) is 8.36. The van der Waals surface area contributed by atoms with Crippen LogP contribution in [0, 0.1) is 0 Å². The van der Waals surface area contributed by atoms with E-state index in [9.17, 15) is 14.7 Å². The van der Waals surface area contributed by atoms with E-state index < -0.39 is 17.7 Å². The lowest BCUT2D eigenvalue weighted by Crippen LogP contribution is -2.45. The van der Waals surface area contributed by atoms with E-state index in [4.69, 9.17) is 9.47 Å². The first-order valence-corrected chi connectivity index (χ1v) is 10.4. The Bertz CT molecular complexity index is 905. The minimum Gasteiger partial charge on any atom is -0.497 e. The molecule has 7 nitrogen and oxygen atoms in total. The molecule has 30 heavy (non-hydrogen) atoms. The number of urea groups is 1. The molecule has 1 aliphatic rings. The van der Waals surface area contributed by atoms with Crippen LogP contribution in [-0.2, 0) is 11.2 Å². The minimum atomic E-state index is -1.01. The molecule has 2 atom stereocenters. The number of rotatable bonds is 9. The Hall–Kier alpha value is -2.58. The van der Waals surface area contributed by atoms with Crippen molar-refractivity contribution in [1.82, 2.24) is 10.2 Å². The fourth-order valence-corrected chi connectivity index (χ4v) is 3.66. The quantitative estimate of drug-likeness (QED) is 0.542. The lowest BCUT2D eigenvalue weighted by atomic mass is 9.93. The molecule has 0 bridgehead atoms. The zero-order chi connectivity index (χ0) is 21.7. The lowest BCUT2D eigenvalue weighted by molar-refractivity contribution is -0.132. The maximum atomic E-state index is 12.9. The highest BCUT2D eigenvalue weighted by Crippen LogP contribution is 2.24. The highest BCUT2D eigenvalue weighted by atomic mass is 79.9. The molecule has 0 saturated carbocycles. The number of amides is 3. The number of halogens is 1. The van der Waals surface area contributed by atoms with Crippen molar-refractivity contribution in [3.8, 4) is 11.5 Å². The molecule has 2 aromatic carbocycles. The highest BCUT2D eigenvalue weighted by molar-refractivity contribution is 9.10. The van der Waals surface area contributed by atoms with Crippen LogP contribution in [0.3, 0.4) is 0 Å². The maximum absolute atomic E-state index is 12.9. The van der Waals surface area contributed by atoms with Crippen LogP contribution in [-0.4, -0.2) is 53.8 Å². The van der Waals surface area contributed by atoms with Gasteiger partial charge in [-0.15, -0.1) is 0 Å². The third kappa shape index (κ3) is 5.31. The fraction of sp³-hybridized carbons (Fsp3) is 0.364. The molecule has 3 amide bonds. The molecule has 1 saturated heterocycles. The van der Waals surface area contributed by atoms with E-state index in [1.165, 1.54) is 0 Å². The summed E-state index contributed by atoms with van der Waals surface area (Å²) in [5.74, 6) is 1.01. The molecule has 8 heteroatoms. The van der Waals surface area contributed by atoms with E-state index in [0.29, 0.717) is 18.6 Å². The van der Waals surface area contributed by atoms with Crippen LogP contribution in [0.15, 0.2) is 53.0 Å². The largest absolute Gasteiger partial charge is 0.497 e. The maximum Gasteiger partial charge on any atom is 0.325 e. The van der Waals surface area contributed by atoms with Crippen LogP contribution in [0.25, 0.3) is 0 Å². The van der Waals surface area contributed by atoms with Crippen LogP contribution in [0.4, 0.5) is 4.79 Å². The summed E-state index contributed by atoms with van der Waals surface area (Å²) in [5.41, 5.74) is 0.0296. The van der Waals surface area contributed by atoms with Crippen molar-refractivity contribution in [2.45, 2.75) is 31.4 Å². The molecule has 3 rings (SSSR count). The van der Waals surface area contributed by atoms with E-state index in [0.717, 1.165) is 20.7 Å². The van der Waals surface area contributed by atoms with Crippen molar-refractivity contribution in [3.63, 3.8) is 0 Å². The number of imide groups is 1. The van der Waals surface area contributed by atoms with Gasteiger partial charge in [-0.2, -0.15) is 0 Å². The number of hydrogen-bond donors (Lipinski definition) is 2. The normalized spacial score (nSPS) is 19.5. The number of aryl methyl sites for hydroxylation is 1. The number of nitrogens with zero attached hydrogens (tertiary/aromatic N) is 1. The minimum absolute atomic E-state index is 0.0317. The Balaban J connectivity index is 1.54. The Morgan fingerprint density at radius 2 is 1.90 bits per heavy atom. The summed E-state index contributed by atoms with van der Waals surface area (Å²) in [6.07, 6.45) is 0.0718. The summed E-state index contributed by atoms with van der Waals surface area (Å²) in [5, 5.41) is 13.0. The van der Waals surface area contributed by atoms with Crippen molar-refractivity contribution in [2.75, 3.05) is 20.3 Å². The van der Waals surface area contributed by atoms with E-state index in [-0.39, 0.29) is 19.1 Å². The predicted molar refractivity (Wildman–Crippen MR) is 116 cm³/mol. The average Bonchev–Trinajstić information content (AvgIpc) is 2.94. The average molecular weight is 477 g/mol. The van der Waals surface area contributed by atoms with Gasteiger partial charge in [0.15, 0.2) is 0 Å². The van der Waals surface area contributed by atoms with E-state index >= 15 is 0 Å². The molecular weight excluding hydrogens is 452 g/mol. The van der Waals surface area contributed by atoms with Crippen molar-refractivity contribution >= 4 is 27.9 Å². The smallest absolute Gasteiger partial charge is 0.325 e. The Morgan fingerprint density at radius 1 is 1.17 bits per heavy atom. The molecule has 0 spiro atoms. The first-order valence-electron chi connectivity index (χ1n) is 9.64. The van der Waals surface area contributed by atoms with Gasteiger partial charge in [-0.1, -0.05) is 34.1 Å². The Kier molecular flexibility index (Phi) is 6.99. The first kappa shape index (κ1) is 22.1. The molecular formula is C22H25BrN2O5. The van der Waals surface area contributed by atoms with Gasteiger partial charge in [0.2, 0.25) is 0 Å². The summed E-state index contributed by atoms with van der Waals surface area (Å²) in [7, 11) is 1.61. The number of hydrogen-bond acceptors (Lipinski definition) is 5. The first-order chi connectivity index (χ1) is 14.3. The number of nitrogens with one attached hydrogen (secondary N) is 1. The van der Waals surface area contributed by atoms with Crippen LogP contribution >= 0.6 is 15.9 Å². The zero-order valence-electron chi connectivity index (χ0n) is 16.9. The SMILES string of the molecule is COc1ccc(CCC2(C)NC(=O)N(CC(O)COc3cccc(Br)c3)C2=O)cc1. The molecule has 2 unspecified atom stereocenters. The van der Waals surface area contributed by atoms with Crippen LogP contribution in [0.1, 0.15) is 18.9 Å². The molecule has 1 fully saturated rings. The summed E-state index contributed by atoms with van der Waals surface area (Å²) in [6, 6.07) is 14.3. The standard InChI is InChI=1S/C22H25BrN2O5/c1-22(11-10-15-6-8-18(29-2)9-7-15)20(27)25(21(28)24-22)13-17(26)14-30-19-5-3-4-16(23)12-19/h3-9,12,17,26H,10-11,13-14H2,1-2H3,(H,24,28). The number of methoxy groups -OCH3 is 1. The van der Waals surface area contributed by atoms with Gasteiger partial charge in [0.05, 0.1) is 13.7 Å². The molecule has 160 valence electrons. The lowest BCUT2D eigenvalue weighted by Gasteiger charge is -2.22. The van der Waals surface area contributed by atoms with Gasteiger partial charge in [0.25, 0.3) is 5.91 Å². The molecule has 1 heterocycles. The number of benzene rings is 2.